The van der Waals surface area contributed by atoms with Gasteiger partial charge in [0.1, 0.15) is 23.4 Å². The van der Waals surface area contributed by atoms with E-state index in [0.29, 0.717) is 23.5 Å². The van der Waals surface area contributed by atoms with Crippen molar-refractivity contribution in [2.75, 3.05) is 11.4 Å². The van der Waals surface area contributed by atoms with Gasteiger partial charge in [0.25, 0.3) is 0 Å². The number of hydrogen-bond acceptors (Lipinski definition) is 7. The van der Waals surface area contributed by atoms with Gasteiger partial charge in [0, 0.05) is 18.3 Å². The van der Waals surface area contributed by atoms with Crippen LogP contribution in [0.4, 0.5) is 20.7 Å². The Balaban J connectivity index is 1.62. The fraction of sp³-hybridized carbons (Fsp3) is 0.400. The van der Waals surface area contributed by atoms with Crippen molar-refractivity contribution in [2.24, 2.45) is 0 Å². The largest absolute Gasteiger partial charge is 0.444 e. The lowest BCUT2D eigenvalue weighted by Crippen LogP contribution is -2.37. The first-order valence-corrected chi connectivity index (χ1v) is 11.6. The van der Waals surface area contributed by atoms with Gasteiger partial charge in [0.2, 0.25) is 5.65 Å². The zero-order valence-electron chi connectivity index (χ0n) is 20.5. The molecule has 10 nitrogen and oxygen atoms in total. The van der Waals surface area contributed by atoms with Crippen molar-refractivity contribution >= 4 is 23.2 Å². The van der Waals surface area contributed by atoms with Crippen LogP contribution in [0.1, 0.15) is 57.7 Å². The van der Waals surface area contributed by atoms with Crippen LogP contribution in [0.25, 0.3) is 5.65 Å². The first kappa shape index (κ1) is 24.9. The van der Waals surface area contributed by atoms with Gasteiger partial charge in [-0.1, -0.05) is 11.8 Å². The number of benzene rings is 1. The summed E-state index contributed by atoms with van der Waals surface area (Å²) >= 11 is 0. The number of alkyl carbamates (subject to hydrolysis) is 1. The van der Waals surface area contributed by atoms with Gasteiger partial charge in [-0.05, 0) is 70.4 Å². The van der Waals surface area contributed by atoms with Crippen LogP contribution in [0.15, 0.2) is 36.7 Å². The average Bonchev–Trinajstić information content (AvgIpc) is 3.43. The molecule has 2 aromatic heterocycles. The van der Waals surface area contributed by atoms with Crippen LogP contribution < -0.4 is 10.2 Å². The molecule has 0 bridgehead atoms. The molecule has 3 heterocycles. The van der Waals surface area contributed by atoms with E-state index < -0.39 is 28.5 Å². The van der Waals surface area contributed by atoms with Crippen LogP contribution in [-0.2, 0) is 4.74 Å². The molecular formula is C25H27FN6O4. The number of nitro groups is 1. The molecule has 1 aliphatic heterocycles. The van der Waals surface area contributed by atoms with Crippen LogP contribution in [0.2, 0.25) is 0 Å². The molecule has 4 rings (SSSR count). The number of nitrogens with zero attached hydrogens (tertiary/aromatic N) is 5. The number of nitrogens with one attached hydrogen (secondary N) is 1. The summed E-state index contributed by atoms with van der Waals surface area (Å²) in [6, 6.07) is 5.43. The average molecular weight is 495 g/mol. The Morgan fingerprint density at radius 2 is 2.14 bits per heavy atom. The number of carbonyl (C=O) groups excluding carboxylic acids is 1. The predicted octanol–water partition coefficient (Wildman–Crippen LogP) is 4.38. The number of anilines is 1. The highest BCUT2D eigenvalue weighted by Gasteiger charge is 2.30. The first-order chi connectivity index (χ1) is 17.0. The van der Waals surface area contributed by atoms with E-state index in [9.17, 15) is 19.3 Å². The van der Waals surface area contributed by atoms with Crippen LogP contribution in [0, 0.1) is 27.8 Å². The molecule has 0 aliphatic carbocycles. The number of halogens is 1. The van der Waals surface area contributed by atoms with Gasteiger partial charge in [-0.2, -0.15) is 5.10 Å². The van der Waals surface area contributed by atoms with E-state index in [4.69, 9.17) is 4.74 Å². The summed E-state index contributed by atoms with van der Waals surface area (Å²) in [6.07, 6.45) is 3.79. The van der Waals surface area contributed by atoms with Crippen molar-refractivity contribution in [1.82, 2.24) is 19.9 Å². The van der Waals surface area contributed by atoms with Crippen LogP contribution in [0.3, 0.4) is 0 Å². The Hall–Kier alpha value is -4.20. The molecule has 0 saturated carbocycles. The summed E-state index contributed by atoms with van der Waals surface area (Å²) in [5.74, 6) is 6.21. The smallest absolute Gasteiger partial charge is 0.408 e. The number of amides is 1. The van der Waals surface area contributed by atoms with Gasteiger partial charge in [-0.3, -0.25) is 10.1 Å². The van der Waals surface area contributed by atoms with Gasteiger partial charge >= 0.3 is 11.8 Å². The molecule has 0 spiro atoms. The quantitative estimate of drug-likeness (QED) is 0.325. The Morgan fingerprint density at radius 3 is 2.86 bits per heavy atom. The fourth-order valence-corrected chi connectivity index (χ4v) is 4.13. The third-order valence-corrected chi connectivity index (χ3v) is 5.61. The van der Waals surface area contributed by atoms with E-state index in [2.05, 4.69) is 27.2 Å². The predicted molar refractivity (Wildman–Crippen MR) is 131 cm³/mol. The minimum Gasteiger partial charge on any atom is -0.444 e. The summed E-state index contributed by atoms with van der Waals surface area (Å²) in [6.45, 7) is 7.71. The minimum atomic E-state index is -0.623. The second kappa shape index (κ2) is 9.81. The number of aromatic nitrogens is 3. The molecule has 11 heteroatoms. The Labute approximate surface area is 207 Å². The molecule has 188 valence electrons. The van der Waals surface area contributed by atoms with E-state index >= 15 is 0 Å². The first-order valence-electron chi connectivity index (χ1n) is 11.6. The molecule has 1 fully saturated rings. The molecule has 2 atom stereocenters. The Morgan fingerprint density at radius 1 is 1.36 bits per heavy atom. The number of hydrogen-bond donors (Lipinski definition) is 1. The maximum absolute atomic E-state index is 14.3. The van der Waals surface area contributed by atoms with Gasteiger partial charge in [0.15, 0.2) is 0 Å². The summed E-state index contributed by atoms with van der Waals surface area (Å²) < 4.78 is 20.9. The van der Waals surface area contributed by atoms with E-state index in [-0.39, 0.29) is 17.4 Å². The van der Waals surface area contributed by atoms with Gasteiger partial charge in [-0.25, -0.2) is 18.7 Å². The van der Waals surface area contributed by atoms with Crippen molar-refractivity contribution in [3.63, 3.8) is 0 Å². The topological polar surface area (TPSA) is 115 Å². The molecule has 1 saturated heterocycles. The molecule has 3 aromatic rings. The lowest BCUT2D eigenvalue weighted by molar-refractivity contribution is -0.383. The van der Waals surface area contributed by atoms with E-state index in [1.165, 1.54) is 22.8 Å². The van der Waals surface area contributed by atoms with Crippen molar-refractivity contribution in [1.29, 1.82) is 0 Å². The van der Waals surface area contributed by atoms with E-state index in [0.717, 1.165) is 12.8 Å². The van der Waals surface area contributed by atoms with Crippen molar-refractivity contribution in [2.45, 2.75) is 58.2 Å². The van der Waals surface area contributed by atoms with Crippen molar-refractivity contribution in [3.05, 3.63) is 63.7 Å². The third kappa shape index (κ3) is 5.54. The number of rotatable bonds is 4. The number of fused-ring (bicyclic) bond motifs is 1. The third-order valence-electron chi connectivity index (χ3n) is 5.61. The van der Waals surface area contributed by atoms with Crippen LogP contribution >= 0.6 is 0 Å². The second-order valence-corrected chi connectivity index (χ2v) is 9.56. The molecule has 0 radical (unpaired) electrons. The van der Waals surface area contributed by atoms with Crippen LogP contribution in [0.5, 0.6) is 0 Å². The highest BCUT2D eigenvalue weighted by Crippen LogP contribution is 2.37. The molecule has 1 aromatic carbocycles. The maximum Gasteiger partial charge on any atom is 0.408 e. The SMILES string of the molecule is C[C@H](C#Cc1ccc(F)cc1[C@H]1CCCN1c1ccn2ncc([N+](=O)[O-])c2n1)NC(=O)OC(C)(C)C. The molecular weight excluding hydrogens is 467 g/mol. The zero-order valence-corrected chi connectivity index (χ0v) is 20.5. The summed E-state index contributed by atoms with van der Waals surface area (Å²) in [5, 5.41) is 18.0. The highest BCUT2D eigenvalue weighted by atomic mass is 19.1. The second-order valence-electron chi connectivity index (χ2n) is 9.56. The summed E-state index contributed by atoms with van der Waals surface area (Å²) in [4.78, 5) is 29.3. The molecule has 0 unspecified atom stereocenters. The standard InChI is InChI=1S/C25H27FN6O4/c1-16(28-24(33)36-25(2,3)4)7-8-17-9-10-18(26)14-19(17)20-6-5-12-30(20)22-11-13-31-23(29-22)21(15-27-31)32(34)35/h9-11,13-16,20H,5-6,12H2,1-4H3,(H,28,33)/t16-,20-/m1/s1. The monoisotopic (exact) mass is 494 g/mol. The highest BCUT2D eigenvalue weighted by molar-refractivity contribution is 5.68. The Bertz CT molecular complexity index is 1370. The van der Waals surface area contributed by atoms with Gasteiger partial charge in [-0.15, -0.1) is 0 Å². The maximum atomic E-state index is 14.3. The van der Waals surface area contributed by atoms with Crippen molar-refractivity contribution in [3.8, 4) is 11.8 Å². The normalized spacial score (nSPS) is 16.4. The molecule has 1 N–H and O–H groups in total. The van der Waals surface area contributed by atoms with Gasteiger partial charge < -0.3 is 15.0 Å². The molecule has 36 heavy (non-hydrogen) atoms. The molecule has 1 amide bonds. The fourth-order valence-electron chi connectivity index (χ4n) is 4.13. The summed E-state index contributed by atoms with van der Waals surface area (Å²) in [7, 11) is 0. The zero-order chi connectivity index (χ0) is 26.0. The van der Waals surface area contributed by atoms with Crippen molar-refractivity contribution < 1.29 is 18.8 Å². The minimum absolute atomic E-state index is 0.143. The lowest BCUT2D eigenvalue weighted by atomic mass is 9.98. The van der Waals surface area contributed by atoms with E-state index in [1.807, 2.05) is 4.90 Å². The summed E-state index contributed by atoms with van der Waals surface area (Å²) in [5.41, 5.74) is 0.652. The van der Waals surface area contributed by atoms with E-state index in [1.54, 1.807) is 46.0 Å². The number of carbonyl (C=O) groups is 1. The lowest BCUT2D eigenvalue weighted by Gasteiger charge is -2.27. The van der Waals surface area contributed by atoms with Gasteiger partial charge in [0.05, 0.1) is 17.0 Å². The number of ether oxygens (including phenoxy) is 1. The Kier molecular flexibility index (Phi) is 6.79. The molecule has 1 aliphatic rings. The van der Waals surface area contributed by atoms with Crippen LogP contribution in [-0.4, -0.2) is 43.8 Å².